The fraction of sp³-hybridized carbons (Fsp3) is 0.538. The van der Waals surface area contributed by atoms with Crippen LogP contribution in [0.1, 0.15) is 38.0 Å². The molecule has 4 N–H and O–H groups in total. The van der Waals surface area contributed by atoms with Crippen molar-refractivity contribution in [1.29, 1.82) is 0 Å². The van der Waals surface area contributed by atoms with Crippen molar-refractivity contribution in [2.24, 2.45) is 0 Å². The molecule has 0 aliphatic carbocycles. The molecule has 1 rings (SSSR count). The maximum Gasteiger partial charge on any atom is 0.119 e. The molecular weight excluding hydrogens is 220 g/mol. The molecule has 2 unspecified atom stereocenters. The van der Waals surface area contributed by atoms with Crippen LogP contribution in [-0.2, 0) is 5.41 Å². The van der Waals surface area contributed by atoms with Gasteiger partial charge in [-0.1, -0.05) is 26.8 Å². The first-order valence-electron chi connectivity index (χ1n) is 5.57. The Morgan fingerprint density at radius 1 is 1.18 bits per heavy atom. The summed E-state index contributed by atoms with van der Waals surface area (Å²) in [6.07, 6.45) is -2.37. The number of aliphatic hydroxyl groups is 3. The maximum absolute atomic E-state index is 9.78. The van der Waals surface area contributed by atoms with Gasteiger partial charge in [0.15, 0.2) is 0 Å². The van der Waals surface area contributed by atoms with E-state index < -0.39 is 18.8 Å². The largest absolute Gasteiger partial charge is 0.508 e. The highest BCUT2D eigenvalue weighted by Crippen LogP contribution is 2.33. The Morgan fingerprint density at radius 2 is 1.76 bits per heavy atom. The van der Waals surface area contributed by atoms with Crippen molar-refractivity contribution in [2.75, 3.05) is 6.61 Å². The van der Waals surface area contributed by atoms with Gasteiger partial charge in [0.05, 0.1) is 6.61 Å². The zero-order valence-corrected chi connectivity index (χ0v) is 10.4. The van der Waals surface area contributed by atoms with Crippen LogP contribution in [0.2, 0.25) is 0 Å². The van der Waals surface area contributed by atoms with Crippen molar-refractivity contribution in [1.82, 2.24) is 0 Å². The molecule has 1 aromatic rings. The summed E-state index contributed by atoms with van der Waals surface area (Å²) in [4.78, 5) is 0. The van der Waals surface area contributed by atoms with E-state index in [9.17, 15) is 15.3 Å². The van der Waals surface area contributed by atoms with Crippen LogP contribution in [0.4, 0.5) is 0 Å². The van der Waals surface area contributed by atoms with Gasteiger partial charge in [-0.2, -0.15) is 0 Å². The minimum Gasteiger partial charge on any atom is -0.508 e. The van der Waals surface area contributed by atoms with Gasteiger partial charge in [0, 0.05) is 0 Å². The van der Waals surface area contributed by atoms with E-state index in [1.165, 1.54) is 12.1 Å². The molecule has 0 saturated carbocycles. The Kier molecular flexibility index (Phi) is 4.14. The Hall–Kier alpha value is -1.10. The van der Waals surface area contributed by atoms with Gasteiger partial charge in [-0.05, 0) is 28.7 Å². The van der Waals surface area contributed by atoms with Crippen molar-refractivity contribution < 1.29 is 20.4 Å². The number of phenols is 1. The van der Waals surface area contributed by atoms with Gasteiger partial charge in [-0.15, -0.1) is 0 Å². The number of aliphatic hydroxyl groups excluding tert-OH is 3. The first-order chi connectivity index (χ1) is 7.77. The van der Waals surface area contributed by atoms with Gasteiger partial charge in [0.25, 0.3) is 0 Å². The average Bonchev–Trinajstić information content (AvgIpc) is 2.26. The van der Waals surface area contributed by atoms with Crippen molar-refractivity contribution in [3.05, 3.63) is 29.3 Å². The molecule has 4 nitrogen and oxygen atoms in total. The molecule has 1 aromatic carbocycles. The van der Waals surface area contributed by atoms with Gasteiger partial charge in [-0.25, -0.2) is 0 Å². The standard InChI is InChI=1S/C13H20O4/c1-13(2,3)9-6-8(4-5-10(9)15)12(17)11(16)7-14/h4-6,11-12,14-17H,7H2,1-3H3. The first-order valence-corrected chi connectivity index (χ1v) is 5.57. The third-order valence-electron chi connectivity index (χ3n) is 2.72. The van der Waals surface area contributed by atoms with E-state index in [2.05, 4.69) is 0 Å². The number of rotatable bonds is 3. The lowest BCUT2D eigenvalue weighted by atomic mass is 9.84. The zero-order chi connectivity index (χ0) is 13.2. The third-order valence-corrected chi connectivity index (χ3v) is 2.72. The summed E-state index contributed by atoms with van der Waals surface area (Å²) in [6, 6.07) is 4.68. The normalized spacial score (nSPS) is 15.6. The molecule has 0 fully saturated rings. The number of hydrogen-bond donors (Lipinski definition) is 4. The Bertz CT molecular complexity index is 381. The third kappa shape index (κ3) is 3.19. The van der Waals surface area contributed by atoms with Crippen molar-refractivity contribution in [2.45, 2.75) is 38.4 Å². The van der Waals surface area contributed by atoms with E-state index >= 15 is 0 Å². The van der Waals surface area contributed by atoms with Gasteiger partial charge in [-0.3, -0.25) is 0 Å². The molecule has 17 heavy (non-hydrogen) atoms. The molecule has 0 saturated heterocycles. The molecule has 0 amide bonds. The highest BCUT2D eigenvalue weighted by molar-refractivity contribution is 5.41. The second kappa shape index (κ2) is 5.04. The van der Waals surface area contributed by atoms with E-state index in [0.717, 1.165) is 0 Å². The summed E-state index contributed by atoms with van der Waals surface area (Å²) in [5.41, 5.74) is 0.915. The predicted octanol–water partition coefficient (Wildman–Crippen LogP) is 1.08. The van der Waals surface area contributed by atoms with Crippen LogP contribution in [0, 0.1) is 0 Å². The summed E-state index contributed by atoms with van der Waals surface area (Å²) < 4.78 is 0. The topological polar surface area (TPSA) is 80.9 Å². The lowest BCUT2D eigenvalue weighted by molar-refractivity contribution is -0.0153. The number of aromatic hydroxyl groups is 1. The Labute approximate surface area is 101 Å². The molecule has 0 heterocycles. The first kappa shape index (κ1) is 14.0. The molecule has 0 aliphatic heterocycles. The van der Waals surface area contributed by atoms with E-state index in [0.29, 0.717) is 11.1 Å². The van der Waals surface area contributed by atoms with Crippen LogP contribution in [0.15, 0.2) is 18.2 Å². The molecule has 96 valence electrons. The Balaban J connectivity index is 3.13. The maximum atomic E-state index is 9.78. The Morgan fingerprint density at radius 3 is 2.24 bits per heavy atom. The molecule has 0 radical (unpaired) electrons. The lowest BCUT2D eigenvalue weighted by Crippen LogP contribution is -2.22. The smallest absolute Gasteiger partial charge is 0.119 e. The number of phenolic OH excluding ortho intramolecular Hbond substituents is 1. The van der Waals surface area contributed by atoms with Crippen molar-refractivity contribution in [3.8, 4) is 5.75 Å². The predicted molar refractivity (Wildman–Crippen MR) is 64.9 cm³/mol. The molecule has 4 heteroatoms. The SMILES string of the molecule is CC(C)(C)c1cc(C(O)C(O)CO)ccc1O. The lowest BCUT2D eigenvalue weighted by Gasteiger charge is -2.23. The van der Waals surface area contributed by atoms with E-state index in [1.54, 1.807) is 6.07 Å². The van der Waals surface area contributed by atoms with Crippen molar-refractivity contribution >= 4 is 0 Å². The van der Waals surface area contributed by atoms with Crippen LogP contribution in [-0.4, -0.2) is 33.1 Å². The average molecular weight is 240 g/mol. The summed E-state index contributed by atoms with van der Waals surface area (Å²) in [7, 11) is 0. The molecule has 0 spiro atoms. The van der Waals surface area contributed by atoms with Crippen molar-refractivity contribution in [3.63, 3.8) is 0 Å². The zero-order valence-electron chi connectivity index (χ0n) is 10.4. The molecular formula is C13H20O4. The number of hydrogen-bond acceptors (Lipinski definition) is 4. The van der Waals surface area contributed by atoms with Gasteiger partial charge >= 0.3 is 0 Å². The van der Waals surface area contributed by atoms with Crippen LogP contribution < -0.4 is 0 Å². The highest BCUT2D eigenvalue weighted by Gasteiger charge is 2.22. The second-order valence-corrected chi connectivity index (χ2v) is 5.22. The van der Waals surface area contributed by atoms with E-state index in [4.69, 9.17) is 5.11 Å². The van der Waals surface area contributed by atoms with Gasteiger partial charge in [0.1, 0.15) is 18.0 Å². The summed E-state index contributed by atoms with van der Waals surface area (Å²) in [5, 5.41) is 37.7. The quantitative estimate of drug-likeness (QED) is 0.637. The van der Waals surface area contributed by atoms with Crippen LogP contribution >= 0.6 is 0 Å². The van der Waals surface area contributed by atoms with Crippen LogP contribution in [0.25, 0.3) is 0 Å². The number of benzene rings is 1. The van der Waals surface area contributed by atoms with Gasteiger partial charge in [0.2, 0.25) is 0 Å². The van der Waals surface area contributed by atoms with E-state index in [1.807, 2.05) is 20.8 Å². The molecule has 0 aromatic heterocycles. The van der Waals surface area contributed by atoms with Gasteiger partial charge < -0.3 is 20.4 Å². The highest BCUT2D eigenvalue weighted by atomic mass is 16.4. The minimum absolute atomic E-state index is 0.159. The minimum atomic E-state index is -1.22. The second-order valence-electron chi connectivity index (χ2n) is 5.22. The van der Waals surface area contributed by atoms with E-state index in [-0.39, 0.29) is 11.2 Å². The molecule has 0 aliphatic rings. The van der Waals surface area contributed by atoms with Crippen LogP contribution in [0.3, 0.4) is 0 Å². The molecule has 0 bridgehead atoms. The summed E-state index contributed by atoms with van der Waals surface area (Å²) in [6.45, 7) is 5.33. The monoisotopic (exact) mass is 240 g/mol. The fourth-order valence-electron chi connectivity index (χ4n) is 1.66. The summed E-state index contributed by atoms with van der Waals surface area (Å²) in [5.74, 6) is 0.159. The molecule has 2 atom stereocenters. The fourth-order valence-corrected chi connectivity index (χ4v) is 1.66. The summed E-state index contributed by atoms with van der Waals surface area (Å²) >= 11 is 0. The van der Waals surface area contributed by atoms with Crippen LogP contribution in [0.5, 0.6) is 5.75 Å².